The molecule has 106 valence electrons. The number of urea groups is 1. The molecule has 0 bridgehead atoms. The zero-order valence-electron chi connectivity index (χ0n) is 12.2. The molecule has 1 aromatic carbocycles. The minimum atomic E-state index is -0.391. The van der Waals surface area contributed by atoms with Gasteiger partial charge >= 0.3 is 6.03 Å². The van der Waals surface area contributed by atoms with E-state index in [4.69, 9.17) is 0 Å². The Bertz CT molecular complexity index is 573. The van der Waals surface area contributed by atoms with Gasteiger partial charge in [0.15, 0.2) is 5.78 Å². The van der Waals surface area contributed by atoms with Crippen LogP contribution in [0.2, 0.25) is 0 Å². The van der Waals surface area contributed by atoms with Crippen LogP contribution in [0.25, 0.3) is 0 Å². The van der Waals surface area contributed by atoms with Crippen molar-refractivity contribution in [3.8, 4) is 0 Å². The number of hydrogen-bond donors (Lipinski definition) is 2. The van der Waals surface area contributed by atoms with Crippen LogP contribution in [0.5, 0.6) is 0 Å². The fraction of sp³-hybridized carbons (Fsp3) is 0.333. The van der Waals surface area contributed by atoms with E-state index in [0.717, 1.165) is 11.3 Å². The van der Waals surface area contributed by atoms with Crippen LogP contribution < -0.4 is 15.5 Å². The van der Waals surface area contributed by atoms with Crippen LogP contribution in [0.3, 0.4) is 0 Å². The fourth-order valence-corrected chi connectivity index (χ4v) is 2.38. The van der Waals surface area contributed by atoms with Gasteiger partial charge in [0.25, 0.3) is 0 Å². The van der Waals surface area contributed by atoms with Crippen molar-refractivity contribution in [1.29, 1.82) is 0 Å². The lowest BCUT2D eigenvalue weighted by molar-refractivity contribution is -0.114. The quantitative estimate of drug-likeness (QED) is 0.885. The van der Waals surface area contributed by atoms with Gasteiger partial charge < -0.3 is 15.5 Å². The van der Waals surface area contributed by atoms with E-state index >= 15 is 0 Å². The van der Waals surface area contributed by atoms with Crippen LogP contribution in [0.1, 0.15) is 25.5 Å². The fourth-order valence-electron chi connectivity index (χ4n) is 2.38. The average molecular weight is 273 g/mol. The van der Waals surface area contributed by atoms with Crippen molar-refractivity contribution < 1.29 is 9.59 Å². The molecule has 0 saturated carbocycles. The van der Waals surface area contributed by atoms with Crippen molar-refractivity contribution in [2.45, 2.75) is 19.9 Å². The number of nitrogens with one attached hydrogen (secondary N) is 2. The molecule has 2 amide bonds. The molecule has 0 radical (unpaired) electrons. The number of anilines is 1. The lowest BCUT2D eigenvalue weighted by atomic mass is 9.93. The van der Waals surface area contributed by atoms with E-state index in [1.807, 2.05) is 43.3 Å². The molecule has 1 aliphatic rings. The highest BCUT2D eigenvalue weighted by molar-refractivity contribution is 5.98. The second kappa shape index (κ2) is 5.36. The Labute approximate surface area is 118 Å². The summed E-state index contributed by atoms with van der Waals surface area (Å²) in [4.78, 5) is 25.4. The van der Waals surface area contributed by atoms with E-state index in [2.05, 4.69) is 10.6 Å². The molecule has 5 nitrogen and oxygen atoms in total. The molecule has 1 aromatic rings. The standard InChI is InChI=1S/C15H19N3O2/c1-9-13(10(2)19)14(17-15(20)16-9)11-5-7-12(8-6-11)18(3)4/h5-8,14H,1-4H3,(H2,16,17,20)/t14-/m1/s1. The van der Waals surface area contributed by atoms with Crippen molar-refractivity contribution in [2.24, 2.45) is 0 Å². The Morgan fingerprint density at radius 3 is 2.30 bits per heavy atom. The summed E-state index contributed by atoms with van der Waals surface area (Å²) in [5.74, 6) is -0.0447. The Morgan fingerprint density at radius 1 is 1.20 bits per heavy atom. The van der Waals surface area contributed by atoms with Crippen molar-refractivity contribution >= 4 is 17.5 Å². The molecule has 20 heavy (non-hydrogen) atoms. The number of ketones is 1. The maximum absolute atomic E-state index is 11.8. The summed E-state index contributed by atoms with van der Waals surface area (Å²) in [6, 6.07) is 7.13. The summed E-state index contributed by atoms with van der Waals surface area (Å²) >= 11 is 0. The highest BCUT2D eigenvalue weighted by Crippen LogP contribution is 2.28. The largest absolute Gasteiger partial charge is 0.378 e. The number of carbonyl (C=O) groups is 2. The number of allylic oxidation sites excluding steroid dienone is 1. The molecular formula is C15H19N3O2. The van der Waals surface area contributed by atoms with Gasteiger partial charge in [-0.3, -0.25) is 4.79 Å². The third-order valence-electron chi connectivity index (χ3n) is 3.39. The van der Waals surface area contributed by atoms with E-state index < -0.39 is 6.04 Å². The highest BCUT2D eigenvalue weighted by Gasteiger charge is 2.28. The van der Waals surface area contributed by atoms with Crippen molar-refractivity contribution in [3.63, 3.8) is 0 Å². The zero-order chi connectivity index (χ0) is 14.9. The molecule has 0 fully saturated rings. The Balaban J connectivity index is 2.41. The Kier molecular flexibility index (Phi) is 3.79. The second-order valence-corrected chi connectivity index (χ2v) is 5.11. The molecule has 0 aromatic heterocycles. The normalized spacial score (nSPS) is 18.4. The summed E-state index contributed by atoms with van der Waals surface area (Å²) in [7, 11) is 3.93. The minimum Gasteiger partial charge on any atom is -0.378 e. The van der Waals surface area contributed by atoms with E-state index in [9.17, 15) is 9.59 Å². The van der Waals surface area contributed by atoms with Crippen LogP contribution in [0, 0.1) is 0 Å². The molecule has 2 N–H and O–H groups in total. The van der Waals surface area contributed by atoms with Crippen LogP contribution in [0.4, 0.5) is 10.5 Å². The van der Waals surface area contributed by atoms with Gasteiger partial charge in [0, 0.05) is 31.1 Å². The van der Waals surface area contributed by atoms with Gasteiger partial charge in [-0.15, -0.1) is 0 Å². The average Bonchev–Trinajstić information content (AvgIpc) is 2.37. The van der Waals surface area contributed by atoms with Gasteiger partial charge in [-0.25, -0.2) is 4.79 Å². The van der Waals surface area contributed by atoms with Crippen LogP contribution >= 0.6 is 0 Å². The van der Waals surface area contributed by atoms with Gasteiger partial charge in [-0.1, -0.05) is 12.1 Å². The first-order chi connectivity index (χ1) is 9.40. The third kappa shape index (κ3) is 2.66. The number of Topliss-reactive ketones (excluding diaryl/α,β-unsaturated/α-hetero) is 1. The lowest BCUT2D eigenvalue weighted by Crippen LogP contribution is -2.44. The van der Waals surface area contributed by atoms with Crippen molar-refractivity contribution in [2.75, 3.05) is 19.0 Å². The SMILES string of the molecule is CC(=O)C1=C(C)NC(=O)N[C@@H]1c1ccc(N(C)C)cc1. The number of amides is 2. The first kappa shape index (κ1) is 14.1. The smallest absolute Gasteiger partial charge is 0.319 e. The minimum absolute atomic E-state index is 0.0447. The molecule has 0 unspecified atom stereocenters. The molecule has 0 spiro atoms. The molecule has 2 rings (SSSR count). The monoisotopic (exact) mass is 273 g/mol. The molecular weight excluding hydrogens is 254 g/mol. The van der Waals surface area contributed by atoms with E-state index in [0.29, 0.717) is 11.3 Å². The summed E-state index contributed by atoms with van der Waals surface area (Å²) in [6.45, 7) is 3.26. The predicted octanol–water partition coefficient (Wildman–Crippen LogP) is 1.97. The van der Waals surface area contributed by atoms with Gasteiger partial charge in [0.05, 0.1) is 6.04 Å². The van der Waals surface area contributed by atoms with E-state index in [-0.39, 0.29) is 11.8 Å². The molecule has 0 aliphatic carbocycles. The second-order valence-electron chi connectivity index (χ2n) is 5.11. The molecule has 1 atom stereocenters. The zero-order valence-corrected chi connectivity index (χ0v) is 12.2. The summed E-state index contributed by atoms with van der Waals surface area (Å²) in [5, 5.41) is 5.44. The van der Waals surface area contributed by atoms with Gasteiger partial charge in [-0.2, -0.15) is 0 Å². The van der Waals surface area contributed by atoms with Crippen LogP contribution in [0.15, 0.2) is 35.5 Å². The van der Waals surface area contributed by atoms with Crippen LogP contribution in [-0.4, -0.2) is 25.9 Å². The first-order valence-corrected chi connectivity index (χ1v) is 6.46. The number of nitrogens with zero attached hydrogens (tertiary/aromatic N) is 1. The lowest BCUT2D eigenvalue weighted by Gasteiger charge is -2.28. The van der Waals surface area contributed by atoms with Gasteiger partial charge in [0.2, 0.25) is 0 Å². The number of carbonyl (C=O) groups excluding carboxylic acids is 2. The van der Waals surface area contributed by atoms with Crippen molar-refractivity contribution in [3.05, 3.63) is 41.1 Å². The number of benzene rings is 1. The van der Waals surface area contributed by atoms with Gasteiger partial charge in [-0.05, 0) is 31.5 Å². The predicted molar refractivity (Wildman–Crippen MR) is 78.6 cm³/mol. The maximum atomic E-state index is 11.8. The first-order valence-electron chi connectivity index (χ1n) is 6.46. The summed E-state index contributed by atoms with van der Waals surface area (Å²) in [5.41, 5.74) is 3.18. The number of rotatable bonds is 3. The summed E-state index contributed by atoms with van der Waals surface area (Å²) < 4.78 is 0. The molecule has 1 heterocycles. The summed E-state index contributed by atoms with van der Waals surface area (Å²) in [6.07, 6.45) is 0. The maximum Gasteiger partial charge on any atom is 0.319 e. The van der Waals surface area contributed by atoms with Crippen molar-refractivity contribution in [1.82, 2.24) is 10.6 Å². The van der Waals surface area contributed by atoms with Gasteiger partial charge in [0.1, 0.15) is 0 Å². The molecule has 1 aliphatic heterocycles. The Hall–Kier alpha value is -2.30. The van der Waals surface area contributed by atoms with E-state index in [1.165, 1.54) is 6.92 Å². The third-order valence-corrected chi connectivity index (χ3v) is 3.39. The number of hydrogen-bond acceptors (Lipinski definition) is 3. The molecule has 0 saturated heterocycles. The van der Waals surface area contributed by atoms with Crippen LogP contribution in [-0.2, 0) is 4.79 Å². The Morgan fingerprint density at radius 2 is 1.80 bits per heavy atom. The molecule has 5 heteroatoms. The topological polar surface area (TPSA) is 61.4 Å². The van der Waals surface area contributed by atoms with E-state index in [1.54, 1.807) is 6.92 Å². The highest BCUT2D eigenvalue weighted by atomic mass is 16.2.